The normalized spacial score (nSPS) is 13.3. The van der Waals surface area contributed by atoms with Crippen LogP contribution in [0, 0.1) is 6.92 Å². The van der Waals surface area contributed by atoms with Gasteiger partial charge in [-0.2, -0.15) is 0 Å². The van der Waals surface area contributed by atoms with Crippen LogP contribution in [0.5, 0.6) is 0 Å². The molecule has 0 fully saturated rings. The Hall–Kier alpha value is -3.00. The van der Waals surface area contributed by atoms with E-state index in [1.54, 1.807) is 16.7 Å². The highest BCUT2D eigenvalue weighted by molar-refractivity contribution is 7.17. The molecule has 1 aliphatic rings. The van der Waals surface area contributed by atoms with Gasteiger partial charge in [-0.1, -0.05) is 0 Å². The van der Waals surface area contributed by atoms with Crippen LogP contribution in [0.1, 0.15) is 56.6 Å². The van der Waals surface area contributed by atoms with E-state index in [-0.39, 0.29) is 11.0 Å². The second-order valence-corrected chi connectivity index (χ2v) is 8.32. The minimum atomic E-state index is -0.552. The van der Waals surface area contributed by atoms with Gasteiger partial charge in [-0.25, -0.2) is 4.98 Å². The molecule has 0 radical (unpaired) electrons. The number of nitrogens with zero attached hydrogens (tertiary/aromatic N) is 2. The van der Waals surface area contributed by atoms with Crippen molar-refractivity contribution in [2.24, 2.45) is 5.73 Å². The number of rotatable bonds is 4. The molecule has 29 heavy (non-hydrogen) atoms. The first-order valence-corrected chi connectivity index (χ1v) is 10.5. The van der Waals surface area contributed by atoms with Crippen molar-refractivity contribution in [3.8, 4) is 0 Å². The number of nitrogens with one attached hydrogen (secondary N) is 1. The number of pyridine rings is 2. The van der Waals surface area contributed by atoms with Gasteiger partial charge in [0.15, 0.2) is 0 Å². The van der Waals surface area contributed by atoms with Gasteiger partial charge in [-0.15, -0.1) is 11.3 Å². The van der Waals surface area contributed by atoms with E-state index in [9.17, 15) is 14.4 Å². The third kappa shape index (κ3) is 3.33. The van der Waals surface area contributed by atoms with Crippen molar-refractivity contribution in [3.63, 3.8) is 0 Å². The molecule has 0 aromatic carbocycles. The summed E-state index contributed by atoms with van der Waals surface area (Å²) in [5, 5.41) is 3.60. The molecule has 0 saturated heterocycles. The summed E-state index contributed by atoms with van der Waals surface area (Å²) in [6, 6.07) is 3.45. The Morgan fingerprint density at radius 2 is 2.03 bits per heavy atom. The molecule has 3 heterocycles. The van der Waals surface area contributed by atoms with E-state index in [0.717, 1.165) is 41.8 Å². The third-order valence-corrected chi connectivity index (χ3v) is 6.50. The Balaban J connectivity index is 1.79. The number of aryl methyl sites for hydroxylation is 3. The molecular weight excluding hydrogens is 388 g/mol. The van der Waals surface area contributed by atoms with Crippen LogP contribution in [-0.2, 0) is 19.4 Å². The number of hydrogen-bond acceptors (Lipinski definition) is 5. The van der Waals surface area contributed by atoms with Gasteiger partial charge in [0.2, 0.25) is 5.43 Å². The monoisotopic (exact) mass is 410 g/mol. The van der Waals surface area contributed by atoms with Crippen molar-refractivity contribution in [1.82, 2.24) is 9.55 Å². The van der Waals surface area contributed by atoms with Crippen LogP contribution < -0.4 is 16.5 Å². The molecule has 0 saturated carbocycles. The van der Waals surface area contributed by atoms with Crippen LogP contribution >= 0.6 is 11.3 Å². The van der Waals surface area contributed by atoms with Crippen molar-refractivity contribution in [3.05, 3.63) is 55.8 Å². The lowest BCUT2D eigenvalue weighted by Crippen LogP contribution is -2.25. The summed E-state index contributed by atoms with van der Waals surface area (Å²) in [6.07, 6.45) is 5.24. The summed E-state index contributed by atoms with van der Waals surface area (Å²) < 4.78 is 1.78. The molecule has 2 amide bonds. The van der Waals surface area contributed by atoms with Crippen molar-refractivity contribution in [1.29, 1.82) is 0 Å². The molecule has 3 aromatic rings. The minimum absolute atomic E-state index is 0.0202. The molecule has 3 N–H and O–H groups in total. The summed E-state index contributed by atoms with van der Waals surface area (Å²) >= 11 is 1.38. The number of nitrogens with two attached hydrogens (primary N) is 1. The van der Waals surface area contributed by atoms with E-state index in [4.69, 9.17) is 5.73 Å². The minimum Gasteiger partial charge on any atom is -0.365 e. The van der Waals surface area contributed by atoms with Crippen molar-refractivity contribution in [2.75, 3.05) is 5.32 Å². The largest absolute Gasteiger partial charge is 0.365 e. The van der Waals surface area contributed by atoms with Gasteiger partial charge in [0.1, 0.15) is 16.2 Å². The quantitative estimate of drug-likeness (QED) is 0.689. The predicted molar refractivity (Wildman–Crippen MR) is 114 cm³/mol. The van der Waals surface area contributed by atoms with Crippen LogP contribution in [0.2, 0.25) is 0 Å². The van der Waals surface area contributed by atoms with E-state index in [1.807, 2.05) is 13.8 Å². The molecule has 0 bridgehead atoms. The fourth-order valence-electron chi connectivity index (χ4n) is 3.85. The second kappa shape index (κ2) is 7.44. The maximum Gasteiger partial charge on any atom is 0.261 e. The fourth-order valence-corrected chi connectivity index (χ4v) is 5.14. The lowest BCUT2D eigenvalue weighted by molar-refractivity contribution is 0.100. The molecular formula is C21H22N4O3S. The van der Waals surface area contributed by atoms with Crippen LogP contribution in [0.3, 0.4) is 0 Å². The zero-order chi connectivity index (χ0) is 20.7. The Morgan fingerprint density at radius 1 is 1.28 bits per heavy atom. The second-order valence-electron chi connectivity index (χ2n) is 7.22. The molecule has 0 unspecified atom stereocenters. The van der Waals surface area contributed by atoms with E-state index < -0.39 is 11.8 Å². The number of carbonyl (C=O) groups excluding carboxylic acids is 2. The maximum absolute atomic E-state index is 13.0. The Labute approximate surface area is 171 Å². The molecule has 150 valence electrons. The molecule has 1 aliphatic carbocycles. The lowest BCUT2D eigenvalue weighted by Gasteiger charge is -2.12. The first-order valence-electron chi connectivity index (χ1n) is 9.67. The van der Waals surface area contributed by atoms with Gasteiger partial charge in [-0.05, 0) is 57.2 Å². The van der Waals surface area contributed by atoms with E-state index >= 15 is 0 Å². The number of anilines is 1. The van der Waals surface area contributed by atoms with Gasteiger partial charge >= 0.3 is 0 Å². The number of amides is 2. The summed E-state index contributed by atoms with van der Waals surface area (Å²) in [5.41, 5.74) is 7.92. The van der Waals surface area contributed by atoms with Crippen LogP contribution in [0.15, 0.2) is 23.1 Å². The predicted octanol–water partition coefficient (Wildman–Crippen LogP) is 3.02. The van der Waals surface area contributed by atoms with Crippen LogP contribution in [0.4, 0.5) is 5.00 Å². The van der Waals surface area contributed by atoms with E-state index in [0.29, 0.717) is 28.1 Å². The molecule has 0 atom stereocenters. The number of hydrogen-bond donors (Lipinski definition) is 2. The zero-order valence-electron chi connectivity index (χ0n) is 16.4. The highest BCUT2D eigenvalue weighted by atomic mass is 32.1. The van der Waals surface area contributed by atoms with Crippen molar-refractivity contribution in [2.45, 2.75) is 46.1 Å². The highest BCUT2D eigenvalue weighted by Crippen LogP contribution is 2.38. The molecule has 0 aliphatic heterocycles. The standard InChI is InChI=1S/C21H22N4O3S/c1-3-25-10-14(17(26)13-9-8-11(2)23-19(13)25)20(28)24-21-16(18(22)27)12-6-4-5-7-15(12)29-21/h8-10H,3-7H2,1-2H3,(H2,22,27)(H,24,28). The maximum atomic E-state index is 13.0. The van der Waals surface area contributed by atoms with Gasteiger partial charge in [0.25, 0.3) is 11.8 Å². The summed E-state index contributed by atoms with van der Waals surface area (Å²) in [4.78, 5) is 43.5. The number of primary amides is 1. The zero-order valence-corrected chi connectivity index (χ0v) is 17.2. The highest BCUT2D eigenvalue weighted by Gasteiger charge is 2.26. The molecule has 0 spiro atoms. The number of thiophene rings is 1. The molecule has 7 nitrogen and oxygen atoms in total. The van der Waals surface area contributed by atoms with Crippen molar-refractivity contribution < 1.29 is 9.59 Å². The number of aromatic nitrogens is 2. The van der Waals surface area contributed by atoms with Crippen LogP contribution in [0.25, 0.3) is 11.0 Å². The van der Waals surface area contributed by atoms with Gasteiger partial charge in [0.05, 0.1) is 10.9 Å². The smallest absolute Gasteiger partial charge is 0.261 e. The van der Waals surface area contributed by atoms with Crippen LogP contribution in [-0.4, -0.2) is 21.4 Å². The van der Waals surface area contributed by atoms with E-state index in [2.05, 4.69) is 10.3 Å². The fraction of sp³-hybridized carbons (Fsp3) is 0.333. The first-order chi connectivity index (χ1) is 13.9. The molecule has 4 rings (SSSR count). The number of carbonyl (C=O) groups is 2. The average molecular weight is 410 g/mol. The molecule has 8 heteroatoms. The molecule has 3 aromatic heterocycles. The third-order valence-electron chi connectivity index (χ3n) is 5.29. The average Bonchev–Trinajstić information content (AvgIpc) is 3.06. The Morgan fingerprint density at radius 3 is 2.76 bits per heavy atom. The van der Waals surface area contributed by atoms with Gasteiger partial charge in [-0.3, -0.25) is 14.4 Å². The SMILES string of the molecule is CCn1cc(C(=O)Nc2sc3c(c2C(N)=O)CCCC3)c(=O)c2ccc(C)nc21. The Kier molecular flexibility index (Phi) is 4.96. The Bertz CT molecular complexity index is 1210. The number of fused-ring (bicyclic) bond motifs is 2. The summed E-state index contributed by atoms with van der Waals surface area (Å²) in [6.45, 7) is 4.34. The lowest BCUT2D eigenvalue weighted by atomic mass is 9.95. The first kappa shape index (κ1) is 19.3. The summed E-state index contributed by atoms with van der Waals surface area (Å²) in [7, 11) is 0. The topological polar surface area (TPSA) is 107 Å². The van der Waals surface area contributed by atoms with Gasteiger partial charge < -0.3 is 15.6 Å². The summed E-state index contributed by atoms with van der Waals surface area (Å²) in [5.74, 6) is -1.09. The van der Waals surface area contributed by atoms with E-state index in [1.165, 1.54) is 17.5 Å². The van der Waals surface area contributed by atoms with Crippen molar-refractivity contribution >= 4 is 39.2 Å². The van der Waals surface area contributed by atoms with Gasteiger partial charge in [0, 0.05) is 23.3 Å².